The van der Waals surface area contributed by atoms with E-state index in [-0.39, 0.29) is 47.9 Å². The zero-order valence-corrected chi connectivity index (χ0v) is 14.7. The number of rotatable bonds is 4. The fourth-order valence-corrected chi connectivity index (χ4v) is 5.46. The summed E-state index contributed by atoms with van der Waals surface area (Å²) in [6, 6.07) is 7.61. The smallest absolute Gasteiger partial charge is 0.244 e. The Bertz CT molecular complexity index is 809. The standard InChI is InChI=1S/C21H22N2O3/c1-2-11-5-3-4-6-16(11)22-17(24)10-23-20(25)18-12-7-8-13(15-9-14(12)15)19(18)21(23)26/h3-8,12-15,18-19H,2,9-10H2,1H3,(H,22,24)/t12-,13-,14-,15+,18+,19+/m0/s1. The van der Waals surface area contributed by atoms with E-state index in [0.717, 1.165) is 24.1 Å². The minimum atomic E-state index is -0.309. The molecule has 1 aliphatic heterocycles. The number of amides is 3. The molecule has 4 aliphatic carbocycles. The maximum atomic E-state index is 12.9. The summed E-state index contributed by atoms with van der Waals surface area (Å²) in [5.41, 5.74) is 1.79. The van der Waals surface area contributed by atoms with Crippen LogP contribution in [0.1, 0.15) is 18.9 Å². The topological polar surface area (TPSA) is 66.5 Å². The molecule has 0 unspecified atom stereocenters. The molecule has 26 heavy (non-hydrogen) atoms. The molecule has 1 aromatic rings. The number of benzene rings is 1. The molecule has 2 saturated carbocycles. The molecule has 1 heterocycles. The van der Waals surface area contributed by atoms with Crippen molar-refractivity contribution in [1.29, 1.82) is 0 Å². The molecule has 6 rings (SSSR count). The van der Waals surface area contributed by atoms with Crippen LogP contribution in [0.4, 0.5) is 5.69 Å². The van der Waals surface area contributed by atoms with Crippen LogP contribution in [0, 0.1) is 35.5 Å². The van der Waals surface area contributed by atoms with Gasteiger partial charge in [0.1, 0.15) is 6.54 Å². The van der Waals surface area contributed by atoms with E-state index in [1.54, 1.807) is 0 Å². The van der Waals surface area contributed by atoms with Gasteiger partial charge in [0.25, 0.3) is 0 Å². The maximum absolute atomic E-state index is 12.9. The Morgan fingerprint density at radius 3 is 2.31 bits per heavy atom. The van der Waals surface area contributed by atoms with Gasteiger partial charge in [-0.2, -0.15) is 0 Å². The van der Waals surface area contributed by atoms with Gasteiger partial charge >= 0.3 is 0 Å². The normalized spacial score (nSPS) is 36.1. The first-order valence-electron chi connectivity index (χ1n) is 9.51. The lowest BCUT2D eigenvalue weighted by atomic mass is 9.63. The van der Waals surface area contributed by atoms with E-state index in [9.17, 15) is 14.4 Å². The van der Waals surface area contributed by atoms with E-state index in [1.807, 2.05) is 31.2 Å². The highest BCUT2D eigenvalue weighted by Crippen LogP contribution is 2.65. The van der Waals surface area contributed by atoms with Gasteiger partial charge < -0.3 is 5.32 Å². The highest BCUT2D eigenvalue weighted by Gasteiger charge is 2.67. The zero-order chi connectivity index (χ0) is 18.0. The van der Waals surface area contributed by atoms with E-state index in [4.69, 9.17) is 0 Å². The number of aryl methyl sites for hydroxylation is 1. The quantitative estimate of drug-likeness (QED) is 0.669. The third-order valence-corrected chi connectivity index (χ3v) is 6.73. The Morgan fingerprint density at radius 2 is 1.69 bits per heavy atom. The van der Waals surface area contributed by atoms with Gasteiger partial charge in [-0.1, -0.05) is 37.3 Å². The minimum Gasteiger partial charge on any atom is -0.324 e. The van der Waals surface area contributed by atoms with E-state index < -0.39 is 0 Å². The summed E-state index contributed by atoms with van der Waals surface area (Å²) in [7, 11) is 0. The van der Waals surface area contributed by atoms with Crippen molar-refractivity contribution in [3.05, 3.63) is 42.0 Å². The molecule has 5 aliphatic rings. The Morgan fingerprint density at radius 1 is 1.08 bits per heavy atom. The highest BCUT2D eigenvalue weighted by atomic mass is 16.2. The molecule has 5 nitrogen and oxygen atoms in total. The van der Waals surface area contributed by atoms with Crippen LogP contribution in [0.3, 0.4) is 0 Å². The lowest BCUT2D eigenvalue weighted by Crippen LogP contribution is -2.40. The van der Waals surface area contributed by atoms with Crippen LogP contribution in [0.5, 0.6) is 0 Å². The van der Waals surface area contributed by atoms with Gasteiger partial charge in [-0.3, -0.25) is 19.3 Å². The van der Waals surface area contributed by atoms with E-state index in [2.05, 4.69) is 17.5 Å². The summed E-state index contributed by atoms with van der Waals surface area (Å²) in [5, 5.41) is 2.87. The van der Waals surface area contributed by atoms with Crippen molar-refractivity contribution in [2.24, 2.45) is 35.5 Å². The van der Waals surface area contributed by atoms with Crippen LogP contribution in [0.15, 0.2) is 36.4 Å². The first-order chi connectivity index (χ1) is 12.6. The molecule has 3 amide bonds. The average Bonchev–Trinajstić information content (AvgIpc) is 3.43. The summed E-state index contributed by atoms with van der Waals surface area (Å²) < 4.78 is 0. The minimum absolute atomic E-state index is 0.149. The van der Waals surface area contributed by atoms with Crippen molar-refractivity contribution in [2.45, 2.75) is 19.8 Å². The molecule has 134 valence electrons. The van der Waals surface area contributed by atoms with Gasteiger partial charge in [-0.05, 0) is 48.1 Å². The Labute approximate surface area is 152 Å². The number of carbonyl (C=O) groups is 3. The number of likely N-dealkylation sites (tertiary alicyclic amines) is 1. The second-order valence-corrected chi connectivity index (χ2v) is 7.98. The Kier molecular flexibility index (Phi) is 3.36. The van der Waals surface area contributed by atoms with E-state index in [0.29, 0.717) is 11.8 Å². The van der Waals surface area contributed by atoms with Crippen molar-refractivity contribution in [3.8, 4) is 0 Å². The lowest BCUT2D eigenvalue weighted by molar-refractivity contribution is -0.142. The maximum Gasteiger partial charge on any atom is 0.244 e. The van der Waals surface area contributed by atoms with Gasteiger partial charge in [-0.25, -0.2) is 0 Å². The number of hydrogen-bond donors (Lipinski definition) is 1. The first kappa shape index (κ1) is 15.8. The van der Waals surface area contributed by atoms with Crippen molar-refractivity contribution >= 4 is 23.4 Å². The second-order valence-electron chi connectivity index (χ2n) is 7.98. The SMILES string of the molecule is CCc1ccccc1NC(=O)CN1C(=O)[C@@H]2[C@H]3C=C[C@@H]([C@@H]4C[C@H]34)[C@H]2C1=O. The molecule has 6 atom stereocenters. The van der Waals surface area contributed by atoms with Crippen LogP contribution < -0.4 is 5.32 Å². The molecule has 2 bridgehead atoms. The van der Waals surface area contributed by atoms with Crippen molar-refractivity contribution in [1.82, 2.24) is 4.90 Å². The number of imide groups is 1. The molecule has 1 saturated heterocycles. The zero-order valence-electron chi connectivity index (χ0n) is 14.7. The number of para-hydroxylation sites is 1. The van der Waals surface area contributed by atoms with Crippen molar-refractivity contribution in [2.75, 3.05) is 11.9 Å². The molecule has 1 N–H and O–H groups in total. The second kappa shape index (κ2) is 5.53. The van der Waals surface area contributed by atoms with Gasteiger partial charge in [-0.15, -0.1) is 0 Å². The summed E-state index contributed by atoms with van der Waals surface area (Å²) in [4.78, 5) is 39.5. The number of hydrogen-bond acceptors (Lipinski definition) is 3. The van der Waals surface area contributed by atoms with Gasteiger partial charge in [0.05, 0.1) is 11.8 Å². The predicted octanol–water partition coefficient (Wildman–Crippen LogP) is 2.24. The summed E-state index contributed by atoms with van der Waals surface area (Å²) in [6.45, 7) is 1.84. The molecular weight excluding hydrogens is 328 g/mol. The summed E-state index contributed by atoms with van der Waals surface area (Å²) >= 11 is 0. The van der Waals surface area contributed by atoms with Crippen LogP contribution in [-0.4, -0.2) is 29.2 Å². The predicted molar refractivity (Wildman–Crippen MR) is 95.9 cm³/mol. The third kappa shape index (κ3) is 2.12. The fraction of sp³-hybridized carbons (Fsp3) is 0.476. The third-order valence-electron chi connectivity index (χ3n) is 6.73. The highest BCUT2D eigenvalue weighted by molar-refractivity contribution is 6.09. The molecule has 0 radical (unpaired) electrons. The molecule has 0 spiro atoms. The molecule has 1 aromatic carbocycles. The van der Waals surface area contributed by atoms with Crippen LogP contribution >= 0.6 is 0 Å². The van der Waals surface area contributed by atoms with E-state index in [1.165, 1.54) is 4.90 Å². The van der Waals surface area contributed by atoms with E-state index >= 15 is 0 Å². The van der Waals surface area contributed by atoms with Crippen LogP contribution in [0.2, 0.25) is 0 Å². The average molecular weight is 350 g/mol. The number of nitrogens with zero attached hydrogens (tertiary/aromatic N) is 1. The first-order valence-corrected chi connectivity index (χ1v) is 9.51. The van der Waals surface area contributed by atoms with Crippen LogP contribution in [-0.2, 0) is 20.8 Å². The summed E-state index contributed by atoms with van der Waals surface area (Å²) in [6.07, 6.45) is 6.24. The number of anilines is 1. The lowest BCUT2D eigenvalue weighted by Gasteiger charge is -2.37. The Hall–Kier alpha value is -2.43. The van der Waals surface area contributed by atoms with Gasteiger partial charge in [0.15, 0.2) is 0 Å². The fourth-order valence-electron chi connectivity index (χ4n) is 5.46. The Balaban J connectivity index is 1.33. The molecule has 3 fully saturated rings. The van der Waals surface area contributed by atoms with Gasteiger partial charge in [0, 0.05) is 5.69 Å². The largest absolute Gasteiger partial charge is 0.324 e. The number of nitrogens with one attached hydrogen (secondary N) is 1. The van der Waals surface area contributed by atoms with Crippen molar-refractivity contribution in [3.63, 3.8) is 0 Å². The monoisotopic (exact) mass is 350 g/mol. The van der Waals surface area contributed by atoms with Gasteiger partial charge in [0.2, 0.25) is 17.7 Å². The molecule has 0 aromatic heterocycles. The van der Waals surface area contributed by atoms with Crippen LogP contribution in [0.25, 0.3) is 0 Å². The molecular formula is C21H22N2O3. The van der Waals surface area contributed by atoms with Crippen molar-refractivity contribution < 1.29 is 14.4 Å². The number of allylic oxidation sites excluding steroid dienone is 2. The number of carbonyl (C=O) groups excluding carboxylic acids is 3. The summed E-state index contributed by atoms with van der Waals surface area (Å²) in [5.74, 6) is 0.458. The molecule has 5 heteroatoms.